The number of carbonyl (C=O) groups is 1. The predicted octanol–water partition coefficient (Wildman–Crippen LogP) is 4.19. The molecule has 0 aliphatic rings. The normalized spacial score (nSPS) is 10.1. The highest BCUT2D eigenvalue weighted by atomic mass is 32.1. The third kappa shape index (κ3) is 3.09. The van der Waals surface area contributed by atoms with E-state index in [1.54, 1.807) is 0 Å². The Morgan fingerprint density at radius 1 is 1.00 bits per heavy atom. The molecule has 0 atom stereocenters. The zero-order valence-corrected chi connectivity index (χ0v) is 11.8. The molecule has 4 heteroatoms. The van der Waals surface area contributed by atoms with Crippen LogP contribution in [-0.4, -0.2) is 6.03 Å². The monoisotopic (exact) mass is 272 g/mol. The summed E-state index contributed by atoms with van der Waals surface area (Å²) >= 11 is 4.27. The van der Waals surface area contributed by atoms with Crippen LogP contribution in [0.15, 0.2) is 48.5 Å². The van der Waals surface area contributed by atoms with Gasteiger partial charge >= 0.3 is 6.03 Å². The molecule has 98 valence electrons. The van der Waals surface area contributed by atoms with Gasteiger partial charge in [-0.1, -0.05) is 49.2 Å². The molecule has 2 aromatic rings. The molecule has 0 aliphatic carbocycles. The van der Waals surface area contributed by atoms with Crippen LogP contribution >= 0.6 is 12.8 Å². The van der Waals surface area contributed by atoms with Gasteiger partial charge in [0.15, 0.2) is 0 Å². The Morgan fingerprint density at radius 2 is 1.58 bits per heavy atom. The van der Waals surface area contributed by atoms with E-state index in [1.165, 1.54) is 4.31 Å². The molecular formula is C15H16N2OS. The van der Waals surface area contributed by atoms with Crippen molar-refractivity contribution in [2.45, 2.75) is 13.8 Å². The quantitative estimate of drug-likeness (QED) is 0.789. The Morgan fingerprint density at radius 3 is 2.21 bits per heavy atom. The summed E-state index contributed by atoms with van der Waals surface area (Å²) in [5, 5.41) is 2.85. The van der Waals surface area contributed by atoms with Crippen molar-refractivity contribution in [3.63, 3.8) is 0 Å². The molecule has 0 aliphatic heterocycles. The zero-order chi connectivity index (χ0) is 13.8. The minimum absolute atomic E-state index is 0.271. The fraction of sp³-hybridized carbons (Fsp3) is 0.133. The number of nitrogens with one attached hydrogen (secondary N) is 1. The Balaban J connectivity index is 2.17. The van der Waals surface area contributed by atoms with Crippen molar-refractivity contribution >= 4 is 30.2 Å². The molecule has 0 aromatic heterocycles. The molecule has 0 fully saturated rings. The molecule has 19 heavy (non-hydrogen) atoms. The number of hydrogen-bond donors (Lipinski definition) is 2. The molecule has 1 N–H and O–H groups in total. The summed E-state index contributed by atoms with van der Waals surface area (Å²) in [5.41, 5.74) is 3.58. The zero-order valence-electron chi connectivity index (χ0n) is 10.9. The van der Waals surface area contributed by atoms with Gasteiger partial charge in [-0.2, -0.15) is 0 Å². The van der Waals surface area contributed by atoms with E-state index in [2.05, 4.69) is 18.1 Å². The average Bonchev–Trinajstić information content (AvgIpc) is 2.41. The molecule has 2 amide bonds. The minimum atomic E-state index is -0.271. The van der Waals surface area contributed by atoms with Gasteiger partial charge in [-0.15, -0.1) is 0 Å². The van der Waals surface area contributed by atoms with Crippen LogP contribution < -0.4 is 9.62 Å². The number of aryl methyl sites for hydroxylation is 2. The summed E-state index contributed by atoms with van der Waals surface area (Å²) in [6.07, 6.45) is 0. The lowest BCUT2D eigenvalue weighted by atomic mass is 10.2. The van der Waals surface area contributed by atoms with Crippen LogP contribution in [0.4, 0.5) is 16.2 Å². The molecule has 2 aromatic carbocycles. The summed E-state index contributed by atoms with van der Waals surface area (Å²) in [6, 6.07) is 15.0. The van der Waals surface area contributed by atoms with Crippen LogP contribution in [0, 0.1) is 13.8 Å². The van der Waals surface area contributed by atoms with E-state index in [4.69, 9.17) is 0 Å². The fourth-order valence-corrected chi connectivity index (χ4v) is 2.07. The van der Waals surface area contributed by atoms with Crippen LogP contribution in [0.1, 0.15) is 11.1 Å². The smallest absolute Gasteiger partial charge is 0.307 e. The van der Waals surface area contributed by atoms with Gasteiger partial charge in [0.25, 0.3) is 0 Å². The Kier molecular flexibility index (Phi) is 4.12. The highest BCUT2D eigenvalue weighted by molar-refractivity contribution is 7.82. The van der Waals surface area contributed by atoms with Crippen LogP contribution in [0.3, 0.4) is 0 Å². The first-order valence-electron chi connectivity index (χ1n) is 6.01. The van der Waals surface area contributed by atoms with Crippen LogP contribution in [0.25, 0.3) is 0 Å². The number of hydrogen-bond acceptors (Lipinski definition) is 2. The molecular weight excluding hydrogens is 256 g/mol. The summed E-state index contributed by atoms with van der Waals surface area (Å²) in [7, 11) is 0. The highest BCUT2D eigenvalue weighted by Gasteiger charge is 2.14. The van der Waals surface area contributed by atoms with E-state index < -0.39 is 0 Å². The summed E-state index contributed by atoms with van der Waals surface area (Å²) < 4.78 is 1.32. The van der Waals surface area contributed by atoms with Crippen molar-refractivity contribution in [1.29, 1.82) is 0 Å². The largest absolute Gasteiger partial charge is 0.336 e. The SMILES string of the molecule is Cc1ccccc1NC(=O)N(S)c1ccccc1C. The van der Waals surface area contributed by atoms with Gasteiger partial charge in [-0.25, -0.2) is 9.10 Å². The molecule has 0 unspecified atom stereocenters. The Hall–Kier alpha value is -1.94. The van der Waals surface area contributed by atoms with E-state index in [0.717, 1.165) is 22.5 Å². The number of carbonyl (C=O) groups excluding carboxylic acids is 1. The number of nitrogens with zero attached hydrogens (tertiary/aromatic N) is 1. The van der Waals surface area contributed by atoms with Crippen LogP contribution in [0.5, 0.6) is 0 Å². The number of thiol groups is 1. The third-order valence-electron chi connectivity index (χ3n) is 2.92. The van der Waals surface area contributed by atoms with E-state index in [-0.39, 0.29) is 6.03 Å². The number of benzene rings is 2. The molecule has 2 rings (SSSR count). The summed E-state index contributed by atoms with van der Waals surface area (Å²) in [4.78, 5) is 12.2. The van der Waals surface area contributed by atoms with Gasteiger partial charge in [-0.05, 0) is 37.1 Å². The first kappa shape index (κ1) is 13.5. The lowest BCUT2D eigenvalue weighted by Gasteiger charge is -2.19. The van der Waals surface area contributed by atoms with Crippen molar-refractivity contribution < 1.29 is 4.79 Å². The first-order chi connectivity index (χ1) is 9.09. The summed E-state index contributed by atoms with van der Waals surface area (Å²) in [6.45, 7) is 3.89. The molecule has 3 nitrogen and oxygen atoms in total. The average molecular weight is 272 g/mol. The molecule has 0 heterocycles. The molecule has 0 spiro atoms. The van der Waals surface area contributed by atoms with E-state index in [0.29, 0.717) is 0 Å². The number of para-hydroxylation sites is 2. The molecule has 0 radical (unpaired) electrons. The number of rotatable bonds is 2. The van der Waals surface area contributed by atoms with Gasteiger partial charge in [0.2, 0.25) is 0 Å². The fourth-order valence-electron chi connectivity index (χ4n) is 1.79. The highest BCUT2D eigenvalue weighted by Crippen LogP contribution is 2.22. The van der Waals surface area contributed by atoms with Gasteiger partial charge in [0, 0.05) is 5.69 Å². The van der Waals surface area contributed by atoms with Crippen molar-refractivity contribution in [3.05, 3.63) is 59.7 Å². The van der Waals surface area contributed by atoms with Crippen molar-refractivity contribution in [2.75, 3.05) is 9.62 Å². The molecule has 0 saturated carbocycles. The third-order valence-corrected chi connectivity index (χ3v) is 3.32. The second-order valence-corrected chi connectivity index (χ2v) is 4.74. The van der Waals surface area contributed by atoms with E-state index in [1.807, 2.05) is 62.4 Å². The predicted molar refractivity (Wildman–Crippen MR) is 82.8 cm³/mol. The van der Waals surface area contributed by atoms with Crippen molar-refractivity contribution in [3.8, 4) is 0 Å². The maximum absolute atomic E-state index is 12.2. The van der Waals surface area contributed by atoms with Gasteiger partial charge < -0.3 is 5.32 Å². The van der Waals surface area contributed by atoms with Crippen LogP contribution in [-0.2, 0) is 0 Å². The second kappa shape index (κ2) is 5.80. The first-order valence-corrected chi connectivity index (χ1v) is 6.41. The standard InChI is InChI=1S/C15H16N2OS/c1-11-7-3-5-9-13(11)16-15(18)17(19)14-10-6-4-8-12(14)2/h3-10,19H,1-2H3,(H,16,18). The summed E-state index contributed by atoms with van der Waals surface area (Å²) in [5.74, 6) is 0. The topological polar surface area (TPSA) is 32.3 Å². The van der Waals surface area contributed by atoms with Crippen molar-refractivity contribution in [2.24, 2.45) is 0 Å². The van der Waals surface area contributed by atoms with E-state index in [9.17, 15) is 4.79 Å². The minimum Gasteiger partial charge on any atom is -0.307 e. The van der Waals surface area contributed by atoms with Crippen LogP contribution in [0.2, 0.25) is 0 Å². The molecule has 0 saturated heterocycles. The van der Waals surface area contributed by atoms with Crippen molar-refractivity contribution in [1.82, 2.24) is 0 Å². The Bertz CT molecular complexity index is 598. The maximum atomic E-state index is 12.2. The molecule has 0 bridgehead atoms. The lowest BCUT2D eigenvalue weighted by Crippen LogP contribution is -2.27. The van der Waals surface area contributed by atoms with Gasteiger partial charge in [0.05, 0.1) is 5.69 Å². The Labute approximate surface area is 118 Å². The maximum Gasteiger partial charge on any atom is 0.336 e. The second-order valence-electron chi connectivity index (χ2n) is 4.34. The lowest BCUT2D eigenvalue weighted by molar-refractivity contribution is 0.260. The number of anilines is 2. The van der Waals surface area contributed by atoms with Gasteiger partial charge in [0.1, 0.15) is 0 Å². The number of amides is 2. The van der Waals surface area contributed by atoms with Gasteiger partial charge in [-0.3, -0.25) is 0 Å². The van der Waals surface area contributed by atoms with E-state index >= 15 is 0 Å². The number of urea groups is 1.